The Balaban J connectivity index is 2.35. The normalized spacial score (nSPS) is 10.7. The average Bonchev–Trinajstić information content (AvgIpc) is 2.33. The lowest BCUT2D eigenvalue weighted by molar-refractivity contribution is 0.280. The molecule has 0 aliphatic heterocycles. The molecule has 0 amide bonds. The van der Waals surface area contributed by atoms with Crippen molar-refractivity contribution in [3.8, 4) is 0 Å². The van der Waals surface area contributed by atoms with E-state index in [1.807, 2.05) is 6.07 Å². The van der Waals surface area contributed by atoms with E-state index >= 15 is 0 Å². The minimum Gasteiger partial charge on any atom is -0.392 e. The minimum atomic E-state index is -0.663. The molecule has 0 aromatic heterocycles. The molecular formula is C13H9BrF2OS. The number of hydrogen-bond acceptors (Lipinski definition) is 2. The number of rotatable bonds is 3. The molecule has 18 heavy (non-hydrogen) atoms. The summed E-state index contributed by atoms with van der Waals surface area (Å²) < 4.78 is 28.2. The highest BCUT2D eigenvalue weighted by molar-refractivity contribution is 9.10. The molecule has 94 valence electrons. The van der Waals surface area contributed by atoms with Crippen LogP contribution in [0.25, 0.3) is 0 Å². The van der Waals surface area contributed by atoms with Crippen molar-refractivity contribution in [3.63, 3.8) is 0 Å². The molecule has 2 rings (SSSR count). The lowest BCUT2D eigenvalue weighted by atomic mass is 10.2. The van der Waals surface area contributed by atoms with E-state index in [1.165, 1.54) is 0 Å². The van der Waals surface area contributed by atoms with Crippen molar-refractivity contribution in [2.45, 2.75) is 16.4 Å². The van der Waals surface area contributed by atoms with Crippen LogP contribution in [0.15, 0.2) is 50.7 Å². The zero-order valence-electron chi connectivity index (χ0n) is 9.16. The molecular weight excluding hydrogens is 322 g/mol. The lowest BCUT2D eigenvalue weighted by Crippen LogP contribution is -1.93. The van der Waals surface area contributed by atoms with Crippen LogP contribution in [0.5, 0.6) is 0 Å². The second-order valence-electron chi connectivity index (χ2n) is 3.61. The molecule has 5 heteroatoms. The summed E-state index contributed by atoms with van der Waals surface area (Å²) in [5.74, 6) is -1.33. The summed E-state index contributed by atoms with van der Waals surface area (Å²) in [6, 6.07) is 9.47. The van der Waals surface area contributed by atoms with Crippen molar-refractivity contribution >= 4 is 27.7 Å². The molecule has 0 saturated heterocycles. The highest BCUT2D eigenvalue weighted by atomic mass is 79.9. The first-order chi connectivity index (χ1) is 8.60. The molecule has 0 atom stereocenters. The molecule has 0 radical (unpaired) electrons. The van der Waals surface area contributed by atoms with Crippen LogP contribution in [0.2, 0.25) is 0 Å². The topological polar surface area (TPSA) is 20.2 Å². The van der Waals surface area contributed by atoms with Gasteiger partial charge in [0, 0.05) is 9.37 Å². The summed E-state index contributed by atoms with van der Waals surface area (Å²) in [6.07, 6.45) is 0. The van der Waals surface area contributed by atoms with Gasteiger partial charge in [0.05, 0.1) is 11.5 Å². The third kappa shape index (κ3) is 3.10. The van der Waals surface area contributed by atoms with Gasteiger partial charge in [-0.3, -0.25) is 0 Å². The van der Waals surface area contributed by atoms with Gasteiger partial charge in [-0.15, -0.1) is 0 Å². The molecule has 1 nitrogen and oxygen atoms in total. The second kappa shape index (κ2) is 5.82. The fourth-order valence-electron chi connectivity index (χ4n) is 1.45. The molecule has 0 heterocycles. The van der Waals surface area contributed by atoms with Gasteiger partial charge in [-0.1, -0.05) is 33.8 Å². The van der Waals surface area contributed by atoms with E-state index in [0.29, 0.717) is 0 Å². The molecule has 0 saturated carbocycles. The lowest BCUT2D eigenvalue weighted by Gasteiger charge is -2.07. The fraction of sp³-hybridized carbons (Fsp3) is 0.0769. The van der Waals surface area contributed by atoms with Crippen LogP contribution in [0.3, 0.4) is 0 Å². The maximum absolute atomic E-state index is 13.7. The number of hydrogen-bond donors (Lipinski definition) is 1. The van der Waals surface area contributed by atoms with E-state index in [-0.39, 0.29) is 17.1 Å². The summed E-state index contributed by atoms with van der Waals surface area (Å²) in [7, 11) is 0. The Morgan fingerprint density at radius 2 is 1.78 bits per heavy atom. The van der Waals surface area contributed by atoms with E-state index in [4.69, 9.17) is 5.11 Å². The summed E-state index contributed by atoms with van der Waals surface area (Å²) >= 11 is 4.31. The number of benzene rings is 2. The maximum Gasteiger partial charge on any atom is 0.140 e. The zero-order chi connectivity index (χ0) is 13.1. The minimum absolute atomic E-state index is 0.0645. The molecule has 2 aromatic rings. The quantitative estimate of drug-likeness (QED) is 0.901. The molecule has 2 aromatic carbocycles. The van der Waals surface area contributed by atoms with Crippen LogP contribution in [0, 0.1) is 11.6 Å². The Labute approximate surface area is 116 Å². The largest absolute Gasteiger partial charge is 0.392 e. The molecule has 0 aliphatic rings. The van der Waals surface area contributed by atoms with Crippen LogP contribution >= 0.6 is 27.7 Å². The van der Waals surface area contributed by atoms with Crippen LogP contribution in [0.1, 0.15) is 5.56 Å². The zero-order valence-corrected chi connectivity index (χ0v) is 11.6. The van der Waals surface area contributed by atoms with Gasteiger partial charge in [-0.25, -0.2) is 8.78 Å². The van der Waals surface area contributed by atoms with Gasteiger partial charge in [-0.2, -0.15) is 0 Å². The van der Waals surface area contributed by atoms with E-state index in [1.54, 1.807) is 18.2 Å². The van der Waals surface area contributed by atoms with E-state index < -0.39 is 11.6 Å². The SMILES string of the molecule is OCc1cc(F)c(Sc2cccc(Br)c2)c(F)c1. The van der Waals surface area contributed by atoms with Crippen LogP contribution in [-0.2, 0) is 6.61 Å². The van der Waals surface area contributed by atoms with Gasteiger partial charge in [0.1, 0.15) is 11.6 Å². The van der Waals surface area contributed by atoms with Crippen molar-refractivity contribution in [1.29, 1.82) is 0 Å². The molecule has 0 spiro atoms. The summed E-state index contributed by atoms with van der Waals surface area (Å²) in [4.78, 5) is 0.671. The van der Waals surface area contributed by atoms with Gasteiger partial charge < -0.3 is 5.11 Å². The standard InChI is InChI=1S/C13H9BrF2OS/c14-9-2-1-3-10(6-9)18-13-11(15)4-8(7-17)5-12(13)16/h1-6,17H,7H2. The van der Waals surface area contributed by atoms with E-state index in [0.717, 1.165) is 33.3 Å². The fourth-order valence-corrected chi connectivity index (χ4v) is 2.88. The average molecular weight is 331 g/mol. The van der Waals surface area contributed by atoms with Crippen molar-refractivity contribution in [2.24, 2.45) is 0 Å². The number of halogens is 3. The van der Waals surface area contributed by atoms with Crippen LogP contribution < -0.4 is 0 Å². The Morgan fingerprint density at radius 3 is 2.33 bits per heavy atom. The monoisotopic (exact) mass is 330 g/mol. The third-order valence-electron chi connectivity index (χ3n) is 2.26. The second-order valence-corrected chi connectivity index (χ2v) is 5.61. The van der Waals surface area contributed by atoms with Gasteiger partial charge in [-0.05, 0) is 35.9 Å². The van der Waals surface area contributed by atoms with Crippen molar-refractivity contribution < 1.29 is 13.9 Å². The Bertz CT molecular complexity index is 552. The molecule has 0 aliphatic carbocycles. The Morgan fingerprint density at radius 1 is 1.11 bits per heavy atom. The van der Waals surface area contributed by atoms with Crippen molar-refractivity contribution in [3.05, 3.63) is 58.1 Å². The molecule has 0 unspecified atom stereocenters. The van der Waals surface area contributed by atoms with E-state index in [2.05, 4.69) is 15.9 Å². The highest BCUT2D eigenvalue weighted by Crippen LogP contribution is 2.33. The summed E-state index contributed by atoms with van der Waals surface area (Å²) in [5.41, 5.74) is 0.226. The van der Waals surface area contributed by atoms with Gasteiger partial charge in [0.15, 0.2) is 0 Å². The first kappa shape index (κ1) is 13.5. The Hall–Kier alpha value is -0.910. The molecule has 0 bridgehead atoms. The third-order valence-corrected chi connectivity index (χ3v) is 3.83. The predicted octanol–water partition coefficient (Wildman–Crippen LogP) is 4.37. The number of aliphatic hydroxyl groups is 1. The highest BCUT2D eigenvalue weighted by Gasteiger charge is 2.12. The van der Waals surface area contributed by atoms with Gasteiger partial charge >= 0.3 is 0 Å². The first-order valence-electron chi connectivity index (χ1n) is 5.12. The first-order valence-corrected chi connectivity index (χ1v) is 6.73. The number of aliphatic hydroxyl groups excluding tert-OH is 1. The Kier molecular flexibility index (Phi) is 4.37. The van der Waals surface area contributed by atoms with Crippen LogP contribution in [-0.4, -0.2) is 5.11 Å². The summed E-state index contributed by atoms with van der Waals surface area (Å²) in [5, 5.41) is 8.86. The molecule has 0 fully saturated rings. The summed E-state index contributed by atoms with van der Waals surface area (Å²) in [6.45, 7) is -0.379. The van der Waals surface area contributed by atoms with E-state index in [9.17, 15) is 8.78 Å². The van der Waals surface area contributed by atoms with Gasteiger partial charge in [0.2, 0.25) is 0 Å². The molecule has 1 N–H and O–H groups in total. The predicted molar refractivity (Wildman–Crippen MR) is 70.5 cm³/mol. The smallest absolute Gasteiger partial charge is 0.140 e. The van der Waals surface area contributed by atoms with Crippen molar-refractivity contribution in [1.82, 2.24) is 0 Å². The maximum atomic E-state index is 13.7. The van der Waals surface area contributed by atoms with Crippen LogP contribution in [0.4, 0.5) is 8.78 Å². The van der Waals surface area contributed by atoms with Gasteiger partial charge in [0.25, 0.3) is 0 Å². The van der Waals surface area contributed by atoms with Crippen molar-refractivity contribution in [2.75, 3.05) is 0 Å².